The molecule has 2 aromatic rings. The van der Waals surface area contributed by atoms with Crippen molar-refractivity contribution in [3.8, 4) is 5.75 Å². The normalized spacial score (nSPS) is 12.2. The van der Waals surface area contributed by atoms with Crippen molar-refractivity contribution >= 4 is 11.6 Å². The van der Waals surface area contributed by atoms with Crippen molar-refractivity contribution in [2.45, 2.75) is 19.4 Å². The molecule has 1 unspecified atom stereocenters. The van der Waals surface area contributed by atoms with E-state index >= 15 is 0 Å². The Balaban J connectivity index is 2.24. The zero-order valence-corrected chi connectivity index (χ0v) is 13.0. The molecule has 0 radical (unpaired) electrons. The molecule has 0 bridgehead atoms. The topological polar surface area (TPSA) is 21.3 Å². The highest BCUT2D eigenvalue weighted by Crippen LogP contribution is 2.27. The van der Waals surface area contributed by atoms with Crippen LogP contribution in [0.1, 0.15) is 24.1 Å². The van der Waals surface area contributed by atoms with Gasteiger partial charge in [0.1, 0.15) is 0 Å². The zero-order chi connectivity index (χ0) is 15.2. The van der Waals surface area contributed by atoms with Gasteiger partial charge in [0.25, 0.3) is 0 Å². The zero-order valence-electron chi connectivity index (χ0n) is 12.2. The summed E-state index contributed by atoms with van der Waals surface area (Å²) in [6, 6.07) is 12.8. The lowest BCUT2D eigenvalue weighted by Crippen LogP contribution is -2.23. The van der Waals surface area contributed by atoms with Gasteiger partial charge in [-0.25, -0.2) is 4.39 Å². The molecule has 0 saturated heterocycles. The second-order valence-electron chi connectivity index (χ2n) is 4.80. The number of rotatable bonds is 6. The summed E-state index contributed by atoms with van der Waals surface area (Å²) in [7, 11) is 1.46. The van der Waals surface area contributed by atoms with E-state index in [4.69, 9.17) is 16.3 Å². The van der Waals surface area contributed by atoms with E-state index in [1.165, 1.54) is 13.2 Å². The van der Waals surface area contributed by atoms with Gasteiger partial charge in [-0.2, -0.15) is 0 Å². The largest absolute Gasteiger partial charge is 0.494 e. The Hall–Kier alpha value is -1.58. The molecule has 112 valence electrons. The van der Waals surface area contributed by atoms with Crippen LogP contribution in [-0.2, 0) is 6.42 Å². The third-order valence-electron chi connectivity index (χ3n) is 3.39. The van der Waals surface area contributed by atoms with E-state index in [1.807, 2.05) is 37.3 Å². The number of hydrogen-bond acceptors (Lipinski definition) is 2. The summed E-state index contributed by atoms with van der Waals surface area (Å²) < 4.78 is 18.7. The van der Waals surface area contributed by atoms with Crippen LogP contribution in [0.5, 0.6) is 5.75 Å². The first-order valence-corrected chi connectivity index (χ1v) is 7.33. The molecule has 4 heteroatoms. The minimum Gasteiger partial charge on any atom is -0.494 e. The molecular formula is C17H19ClFNO. The molecule has 0 amide bonds. The highest BCUT2D eigenvalue weighted by molar-refractivity contribution is 6.31. The highest BCUT2D eigenvalue weighted by atomic mass is 35.5. The molecule has 2 nitrogen and oxygen atoms in total. The second kappa shape index (κ2) is 7.43. The third-order valence-corrected chi connectivity index (χ3v) is 3.73. The number of nitrogens with one attached hydrogen (secondary N) is 1. The van der Waals surface area contributed by atoms with E-state index in [0.29, 0.717) is 6.42 Å². The van der Waals surface area contributed by atoms with Crippen molar-refractivity contribution in [3.63, 3.8) is 0 Å². The predicted octanol–water partition coefficient (Wildman–Crippen LogP) is 4.38. The molecule has 21 heavy (non-hydrogen) atoms. The average Bonchev–Trinajstić information content (AvgIpc) is 2.47. The summed E-state index contributed by atoms with van der Waals surface area (Å²) >= 11 is 6.27. The minimum atomic E-state index is -0.343. The van der Waals surface area contributed by atoms with Gasteiger partial charge in [-0.05, 0) is 42.3 Å². The smallest absolute Gasteiger partial charge is 0.165 e. The Morgan fingerprint density at radius 2 is 2.00 bits per heavy atom. The quantitative estimate of drug-likeness (QED) is 0.855. The first-order chi connectivity index (χ1) is 10.2. The van der Waals surface area contributed by atoms with Crippen molar-refractivity contribution in [3.05, 3.63) is 64.4 Å². The molecule has 0 heterocycles. The van der Waals surface area contributed by atoms with Gasteiger partial charge in [-0.1, -0.05) is 42.8 Å². The van der Waals surface area contributed by atoms with Crippen LogP contribution in [-0.4, -0.2) is 13.7 Å². The molecular weight excluding hydrogens is 289 g/mol. The van der Waals surface area contributed by atoms with Crippen LogP contribution in [0.25, 0.3) is 0 Å². The Kier molecular flexibility index (Phi) is 5.59. The van der Waals surface area contributed by atoms with Crippen LogP contribution in [0.4, 0.5) is 4.39 Å². The third kappa shape index (κ3) is 3.96. The van der Waals surface area contributed by atoms with E-state index in [1.54, 1.807) is 6.07 Å². The number of benzene rings is 2. The van der Waals surface area contributed by atoms with Crippen LogP contribution in [0, 0.1) is 5.82 Å². The fraction of sp³-hybridized carbons (Fsp3) is 0.294. The summed E-state index contributed by atoms with van der Waals surface area (Å²) in [5, 5.41) is 4.12. The Labute approximate surface area is 129 Å². The van der Waals surface area contributed by atoms with Crippen LogP contribution < -0.4 is 10.1 Å². The monoisotopic (exact) mass is 307 g/mol. The molecule has 0 aromatic heterocycles. The van der Waals surface area contributed by atoms with E-state index in [2.05, 4.69) is 5.32 Å². The van der Waals surface area contributed by atoms with E-state index in [0.717, 1.165) is 22.7 Å². The molecule has 0 aliphatic rings. The van der Waals surface area contributed by atoms with E-state index in [-0.39, 0.29) is 17.6 Å². The maximum absolute atomic E-state index is 13.8. The lowest BCUT2D eigenvalue weighted by atomic mass is 9.98. The summed E-state index contributed by atoms with van der Waals surface area (Å²) in [4.78, 5) is 0. The van der Waals surface area contributed by atoms with Crippen LogP contribution in [0.3, 0.4) is 0 Å². The molecule has 0 spiro atoms. The minimum absolute atomic E-state index is 0.0523. The standard InChI is InChI=1S/C17H19ClFNO/c1-3-20-16(13-6-4-5-7-14(13)18)11-12-8-9-17(21-2)15(19)10-12/h4-10,16,20H,3,11H2,1-2H3. The van der Waals surface area contributed by atoms with Crippen LogP contribution in [0.15, 0.2) is 42.5 Å². The lowest BCUT2D eigenvalue weighted by Gasteiger charge is -2.20. The Bertz CT molecular complexity index is 603. The maximum Gasteiger partial charge on any atom is 0.165 e. The lowest BCUT2D eigenvalue weighted by molar-refractivity contribution is 0.386. The molecule has 0 aliphatic carbocycles. The molecule has 0 fully saturated rings. The van der Waals surface area contributed by atoms with Crippen molar-refractivity contribution in [1.82, 2.24) is 5.32 Å². The molecule has 1 N–H and O–H groups in total. The van der Waals surface area contributed by atoms with Crippen LogP contribution in [0.2, 0.25) is 5.02 Å². The molecule has 1 atom stereocenters. The fourth-order valence-corrected chi connectivity index (χ4v) is 2.64. The molecule has 0 aliphatic heterocycles. The Morgan fingerprint density at radius 3 is 2.62 bits per heavy atom. The van der Waals surface area contributed by atoms with Gasteiger partial charge in [-0.3, -0.25) is 0 Å². The fourth-order valence-electron chi connectivity index (χ4n) is 2.37. The van der Waals surface area contributed by atoms with Crippen molar-refractivity contribution in [2.24, 2.45) is 0 Å². The highest BCUT2D eigenvalue weighted by Gasteiger charge is 2.15. The van der Waals surface area contributed by atoms with Crippen LogP contribution >= 0.6 is 11.6 Å². The maximum atomic E-state index is 13.8. The SMILES string of the molecule is CCNC(Cc1ccc(OC)c(F)c1)c1ccccc1Cl. The van der Waals surface area contributed by atoms with Gasteiger partial charge in [-0.15, -0.1) is 0 Å². The van der Waals surface area contributed by atoms with Gasteiger partial charge in [0.05, 0.1) is 7.11 Å². The summed E-state index contributed by atoms with van der Waals surface area (Å²) in [5.41, 5.74) is 1.93. The average molecular weight is 308 g/mol. The van der Waals surface area contributed by atoms with E-state index in [9.17, 15) is 4.39 Å². The number of methoxy groups -OCH3 is 1. The molecule has 2 rings (SSSR count). The predicted molar refractivity (Wildman–Crippen MR) is 84.5 cm³/mol. The second-order valence-corrected chi connectivity index (χ2v) is 5.21. The number of halogens is 2. The number of likely N-dealkylation sites (N-methyl/N-ethyl adjacent to an activating group) is 1. The van der Waals surface area contributed by atoms with Crippen molar-refractivity contribution in [2.75, 3.05) is 13.7 Å². The van der Waals surface area contributed by atoms with Gasteiger partial charge in [0.2, 0.25) is 0 Å². The summed E-state index contributed by atoms with van der Waals surface area (Å²) in [6.45, 7) is 2.85. The number of ether oxygens (including phenoxy) is 1. The number of hydrogen-bond donors (Lipinski definition) is 1. The van der Waals surface area contributed by atoms with Crippen molar-refractivity contribution < 1.29 is 9.13 Å². The van der Waals surface area contributed by atoms with Crippen molar-refractivity contribution in [1.29, 1.82) is 0 Å². The van der Waals surface area contributed by atoms with Gasteiger partial charge in [0, 0.05) is 11.1 Å². The Morgan fingerprint density at radius 1 is 1.24 bits per heavy atom. The van der Waals surface area contributed by atoms with Gasteiger partial charge < -0.3 is 10.1 Å². The van der Waals surface area contributed by atoms with E-state index < -0.39 is 0 Å². The van der Waals surface area contributed by atoms with Gasteiger partial charge in [0.15, 0.2) is 11.6 Å². The summed E-state index contributed by atoms with van der Waals surface area (Å²) in [6.07, 6.45) is 0.665. The first kappa shape index (κ1) is 15.8. The first-order valence-electron chi connectivity index (χ1n) is 6.96. The summed E-state index contributed by atoms with van der Waals surface area (Å²) in [5.74, 6) is -0.0825. The molecule has 0 saturated carbocycles. The molecule has 2 aromatic carbocycles. The van der Waals surface area contributed by atoms with Gasteiger partial charge >= 0.3 is 0 Å².